The highest BCUT2D eigenvalue weighted by Crippen LogP contribution is 2.26. The molecule has 1 aromatic heterocycles. The van der Waals surface area contributed by atoms with Crippen LogP contribution in [0, 0.1) is 0 Å². The molecule has 0 saturated heterocycles. The van der Waals surface area contributed by atoms with Gasteiger partial charge in [0.05, 0.1) is 6.42 Å². The summed E-state index contributed by atoms with van der Waals surface area (Å²) in [5, 5.41) is 15.4. The fourth-order valence-corrected chi connectivity index (χ4v) is 4.30. The molecule has 2 amide bonds. The van der Waals surface area contributed by atoms with Crippen LogP contribution in [-0.4, -0.2) is 51.9 Å². The predicted molar refractivity (Wildman–Crippen MR) is 137 cm³/mol. The van der Waals surface area contributed by atoms with Crippen LogP contribution in [0.4, 0.5) is 5.69 Å². The third-order valence-electron chi connectivity index (χ3n) is 6.24. The lowest BCUT2D eigenvalue weighted by atomic mass is 10.1. The molecule has 2 heterocycles. The second kappa shape index (κ2) is 12.0. The summed E-state index contributed by atoms with van der Waals surface area (Å²) in [6.45, 7) is 1.34. The van der Waals surface area contributed by atoms with Gasteiger partial charge >= 0.3 is 5.97 Å². The average molecular weight is 487 g/mol. The number of hydrogen-bond donors (Lipinski definition) is 3. The molecule has 8 heteroatoms. The van der Waals surface area contributed by atoms with E-state index in [1.165, 1.54) is 5.56 Å². The second-order valence-corrected chi connectivity index (χ2v) is 8.88. The lowest BCUT2D eigenvalue weighted by Crippen LogP contribution is -2.42. The van der Waals surface area contributed by atoms with E-state index in [2.05, 4.69) is 15.6 Å². The Bertz CT molecular complexity index is 1200. The topological polar surface area (TPSA) is 112 Å². The number of amides is 2. The molecular weight excluding hydrogens is 456 g/mol. The van der Waals surface area contributed by atoms with Crippen molar-refractivity contribution in [2.75, 3.05) is 18.4 Å². The Morgan fingerprint density at radius 1 is 1.03 bits per heavy atom. The molecule has 1 aliphatic rings. The van der Waals surface area contributed by atoms with E-state index in [0.717, 1.165) is 24.0 Å². The second-order valence-electron chi connectivity index (χ2n) is 8.88. The predicted octanol–water partition coefficient (Wildman–Crippen LogP) is 3.28. The number of nitrogens with one attached hydrogen (secondary N) is 2. The number of benzene rings is 2. The quantitative estimate of drug-likeness (QED) is 0.379. The Morgan fingerprint density at radius 3 is 2.53 bits per heavy atom. The molecule has 4 rings (SSSR count). The number of anilines is 1. The first-order chi connectivity index (χ1) is 17.5. The maximum atomic E-state index is 13.2. The summed E-state index contributed by atoms with van der Waals surface area (Å²) in [5.74, 6) is -1.53. The van der Waals surface area contributed by atoms with E-state index in [1.54, 1.807) is 29.4 Å². The number of carboxylic acid groups (broad SMARTS) is 1. The minimum atomic E-state index is -1.06. The number of carbonyl (C=O) groups is 3. The van der Waals surface area contributed by atoms with Gasteiger partial charge in [-0.25, -0.2) is 0 Å². The van der Waals surface area contributed by atoms with Crippen LogP contribution in [0.1, 0.15) is 39.9 Å². The molecule has 0 unspecified atom stereocenters. The smallest absolute Gasteiger partial charge is 0.305 e. The number of carboxylic acids is 1. The number of carbonyl (C=O) groups excluding carboxylic acids is 2. The van der Waals surface area contributed by atoms with Crippen LogP contribution in [0.2, 0.25) is 0 Å². The molecule has 8 nitrogen and oxygen atoms in total. The van der Waals surface area contributed by atoms with Gasteiger partial charge in [-0.05, 0) is 60.2 Å². The number of aromatic nitrogens is 1. The van der Waals surface area contributed by atoms with E-state index in [9.17, 15) is 19.5 Å². The van der Waals surface area contributed by atoms with Gasteiger partial charge in [0.15, 0.2) is 0 Å². The third-order valence-corrected chi connectivity index (χ3v) is 6.24. The average Bonchev–Trinajstić information content (AvgIpc) is 3.02. The van der Waals surface area contributed by atoms with E-state index < -0.39 is 12.0 Å². The summed E-state index contributed by atoms with van der Waals surface area (Å²) in [5.41, 5.74) is 4.19. The highest BCUT2D eigenvalue weighted by molar-refractivity contribution is 5.96. The molecule has 36 heavy (non-hydrogen) atoms. The SMILES string of the molecule is O=C(O)C[C@H]1Nc2cc(C(=O)NCCCc3ccncc3)ccc2CN(CCc2ccccc2)C1=O. The van der Waals surface area contributed by atoms with E-state index in [0.29, 0.717) is 37.3 Å². The van der Waals surface area contributed by atoms with Crippen molar-refractivity contribution in [1.82, 2.24) is 15.2 Å². The van der Waals surface area contributed by atoms with Crippen LogP contribution < -0.4 is 10.6 Å². The normalized spacial score (nSPS) is 14.9. The molecule has 0 aliphatic carbocycles. The Balaban J connectivity index is 1.43. The summed E-state index contributed by atoms with van der Waals surface area (Å²) < 4.78 is 0. The molecule has 0 radical (unpaired) electrons. The van der Waals surface area contributed by atoms with Gasteiger partial charge < -0.3 is 20.6 Å². The van der Waals surface area contributed by atoms with E-state index in [4.69, 9.17) is 0 Å². The van der Waals surface area contributed by atoms with Crippen LogP contribution in [0.5, 0.6) is 0 Å². The van der Waals surface area contributed by atoms with Crippen molar-refractivity contribution in [2.45, 2.75) is 38.3 Å². The first kappa shape index (κ1) is 24.9. The molecular formula is C28H30N4O4. The van der Waals surface area contributed by atoms with Gasteiger partial charge in [0.25, 0.3) is 5.91 Å². The van der Waals surface area contributed by atoms with Crippen molar-refractivity contribution in [3.8, 4) is 0 Å². The van der Waals surface area contributed by atoms with Gasteiger partial charge in [0, 0.05) is 43.3 Å². The minimum Gasteiger partial charge on any atom is -0.481 e. The van der Waals surface area contributed by atoms with Crippen molar-refractivity contribution >= 4 is 23.5 Å². The zero-order chi connectivity index (χ0) is 25.3. The molecule has 186 valence electrons. The van der Waals surface area contributed by atoms with E-state index in [-0.39, 0.29) is 18.2 Å². The third kappa shape index (κ3) is 6.69. The van der Waals surface area contributed by atoms with Crippen molar-refractivity contribution in [2.24, 2.45) is 0 Å². The Kier molecular flexibility index (Phi) is 8.28. The number of aryl methyl sites for hydroxylation is 1. The zero-order valence-electron chi connectivity index (χ0n) is 20.0. The van der Waals surface area contributed by atoms with Crippen LogP contribution in [0.25, 0.3) is 0 Å². The van der Waals surface area contributed by atoms with Gasteiger partial charge in [0.2, 0.25) is 5.91 Å². The molecule has 0 spiro atoms. The largest absolute Gasteiger partial charge is 0.481 e. The minimum absolute atomic E-state index is 0.208. The summed E-state index contributed by atoms with van der Waals surface area (Å²) in [7, 11) is 0. The number of nitrogens with zero attached hydrogens (tertiary/aromatic N) is 2. The molecule has 0 saturated carbocycles. The Morgan fingerprint density at radius 2 is 1.78 bits per heavy atom. The summed E-state index contributed by atoms with van der Waals surface area (Å²) >= 11 is 0. The highest BCUT2D eigenvalue weighted by atomic mass is 16.4. The number of rotatable bonds is 10. The first-order valence-corrected chi connectivity index (χ1v) is 12.1. The van der Waals surface area contributed by atoms with Gasteiger partial charge in [-0.1, -0.05) is 36.4 Å². The fourth-order valence-electron chi connectivity index (χ4n) is 4.30. The number of pyridine rings is 1. The Labute approximate surface area is 210 Å². The van der Waals surface area contributed by atoms with Gasteiger partial charge in [-0.15, -0.1) is 0 Å². The molecule has 1 aliphatic heterocycles. The lowest BCUT2D eigenvalue weighted by Gasteiger charge is -2.24. The molecule has 0 bridgehead atoms. The monoisotopic (exact) mass is 486 g/mol. The summed E-state index contributed by atoms with van der Waals surface area (Å²) in [6, 6.07) is 18.2. The van der Waals surface area contributed by atoms with Crippen molar-refractivity contribution < 1.29 is 19.5 Å². The number of hydrogen-bond acceptors (Lipinski definition) is 5. The zero-order valence-corrected chi connectivity index (χ0v) is 20.0. The van der Waals surface area contributed by atoms with Crippen LogP contribution in [-0.2, 0) is 29.0 Å². The van der Waals surface area contributed by atoms with Gasteiger partial charge in [-0.2, -0.15) is 0 Å². The Hall–Kier alpha value is -4.20. The van der Waals surface area contributed by atoms with Crippen LogP contribution in [0.3, 0.4) is 0 Å². The maximum absolute atomic E-state index is 13.2. The van der Waals surface area contributed by atoms with Crippen molar-refractivity contribution in [3.63, 3.8) is 0 Å². The van der Waals surface area contributed by atoms with Gasteiger partial charge in [0.1, 0.15) is 6.04 Å². The fraction of sp³-hybridized carbons (Fsp3) is 0.286. The highest BCUT2D eigenvalue weighted by Gasteiger charge is 2.31. The van der Waals surface area contributed by atoms with Crippen LogP contribution >= 0.6 is 0 Å². The van der Waals surface area contributed by atoms with Gasteiger partial charge in [-0.3, -0.25) is 19.4 Å². The van der Waals surface area contributed by atoms with Crippen molar-refractivity contribution in [3.05, 3.63) is 95.3 Å². The molecule has 2 aromatic carbocycles. The standard InChI is InChI=1S/C28H30N4O4/c33-26(34)18-25-28(36)32(16-12-20-5-2-1-3-6-20)19-23-9-8-22(17-24(23)31-25)27(35)30-13-4-7-21-10-14-29-15-11-21/h1-3,5-6,8-11,14-15,17,25,31H,4,7,12-13,16,18-19H2,(H,30,35)(H,33,34)/t25-/m1/s1. The maximum Gasteiger partial charge on any atom is 0.305 e. The number of aliphatic carboxylic acids is 1. The van der Waals surface area contributed by atoms with Crippen molar-refractivity contribution in [1.29, 1.82) is 0 Å². The van der Waals surface area contributed by atoms with Crippen LogP contribution in [0.15, 0.2) is 73.1 Å². The summed E-state index contributed by atoms with van der Waals surface area (Å²) in [6.07, 6.45) is 5.47. The lowest BCUT2D eigenvalue weighted by molar-refractivity contribution is -0.141. The first-order valence-electron chi connectivity index (χ1n) is 12.1. The molecule has 3 aromatic rings. The van der Waals surface area contributed by atoms with E-state index >= 15 is 0 Å². The summed E-state index contributed by atoms with van der Waals surface area (Å²) in [4.78, 5) is 43.1. The molecule has 1 atom stereocenters. The van der Waals surface area contributed by atoms with E-state index in [1.807, 2.05) is 48.5 Å². The molecule has 3 N–H and O–H groups in total. The number of fused-ring (bicyclic) bond motifs is 1. The molecule has 0 fully saturated rings.